The topological polar surface area (TPSA) is 16.1 Å². The summed E-state index contributed by atoms with van der Waals surface area (Å²) in [6.45, 7) is 9.90. The van der Waals surface area contributed by atoms with Crippen LogP contribution in [0.2, 0.25) is 0 Å². The van der Waals surface area contributed by atoms with Crippen LogP contribution in [0.5, 0.6) is 0 Å². The Morgan fingerprint density at radius 3 is 2.65 bits per heavy atom. The third kappa shape index (κ3) is 3.90. The molecule has 0 fully saturated rings. The molecule has 0 atom stereocenters. The highest BCUT2D eigenvalue weighted by Crippen LogP contribution is 2.29. The van der Waals surface area contributed by atoms with Crippen LogP contribution in [-0.2, 0) is 6.42 Å². The van der Waals surface area contributed by atoms with E-state index in [-0.39, 0.29) is 0 Å². The van der Waals surface area contributed by atoms with Crippen molar-refractivity contribution < 1.29 is 0 Å². The quantitative estimate of drug-likeness (QED) is 0.744. The van der Waals surface area contributed by atoms with Crippen molar-refractivity contribution in [2.24, 2.45) is 0 Å². The molecule has 1 heterocycles. The number of hydrogen-bond acceptors (Lipinski definition) is 3. The van der Waals surface area contributed by atoms with E-state index in [0.29, 0.717) is 0 Å². The van der Waals surface area contributed by atoms with Gasteiger partial charge < -0.3 is 4.90 Å². The van der Waals surface area contributed by atoms with Gasteiger partial charge in [0.25, 0.3) is 0 Å². The summed E-state index contributed by atoms with van der Waals surface area (Å²) in [6.07, 6.45) is 1.04. The maximum Gasteiger partial charge on any atom is 0.0948 e. The molecule has 1 aromatic carbocycles. The van der Waals surface area contributed by atoms with Crippen LogP contribution in [0.1, 0.15) is 23.7 Å². The van der Waals surface area contributed by atoms with Gasteiger partial charge >= 0.3 is 0 Å². The Labute approximate surface area is 134 Å². The first-order valence-corrected chi connectivity index (χ1v) is 8.69. The summed E-state index contributed by atoms with van der Waals surface area (Å²) in [7, 11) is 0. The first kappa shape index (κ1) is 15.7. The minimum Gasteiger partial charge on any atom is -0.303 e. The minimum absolute atomic E-state index is 1.04. The average molecular weight is 353 g/mol. The smallest absolute Gasteiger partial charge is 0.0948 e. The van der Waals surface area contributed by atoms with Crippen molar-refractivity contribution in [3.63, 3.8) is 0 Å². The van der Waals surface area contributed by atoms with Crippen molar-refractivity contribution in [2.45, 2.75) is 27.2 Å². The maximum absolute atomic E-state index is 4.83. The van der Waals surface area contributed by atoms with Crippen molar-refractivity contribution >= 4 is 27.3 Å². The van der Waals surface area contributed by atoms with Crippen molar-refractivity contribution in [1.29, 1.82) is 0 Å². The van der Waals surface area contributed by atoms with Crippen LogP contribution >= 0.6 is 27.3 Å². The highest BCUT2D eigenvalue weighted by molar-refractivity contribution is 9.10. The lowest BCUT2D eigenvalue weighted by Crippen LogP contribution is -2.25. The number of halogens is 1. The van der Waals surface area contributed by atoms with Gasteiger partial charge in [-0.05, 0) is 32.1 Å². The summed E-state index contributed by atoms with van der Waals surface area (Å²) in [6, 6.07) is 8.37. The zero-order chi connectivity index (χ0) is 14.5. The number of rotatable bonds is 6. The van der Waals surface area contributed by atoms with E-state index in [2.05, 4.69) is 59.8 Å². The van der Waals surface area contributed by atoms with Crippen LogP contribution in [0, 0.1) is 6.92 Å². The number of likely N-dealkylation sites (N-methyl/N-ethyl adjacent to an activating group) is 1. The van der Waals surface area contributed by atoms with E-state index in [1.807, 2.05) is 17.4 Å². The molecule has 0 saturated carbocycles. The molecule has 108 valence electrons. The molecule has 0 aliphatic heterocycles. The molecule has 2 nitrogen and oxygen atoms in total. The fourth-order valence-electron chi connectivity index (χ4n) is 2.26. The number of benzene rings is 1. The molecule has 0 amide bonds. The van der Waals surface area contributed by atoms with Gasteiger partial charge in [0, 0.05) is 27.9 Å². The standard InChI is InChI=1S/C16H21BrN2S/c1-4-19(5-2)10-9-15-18-16(12(3)20-15)13-7-6-8-14(17)11-13/h6-8,11H,4-5,9-10H2,1-3H3. The molecule has 0 saturated heterocycles. The van der Waals surface area contributed by atoms with E-state index < -0.39 is 0 Å². The van der Waals surface area contributed by atoms with Gasteiger partial charge in [0.05, 0.1) is 10.7 Å². The number of aromatic nitrogens is 1. The van der Waals surface area contributed by atoms with Gasteiger partial charge in [-0.2, -0.15) is 0 Å². The van der Waals surface area contributed by atoms with E-state index in [4.69, 9.17) is 4.98 Å². The maximum atomic E-state index is 4.83. The fraction of sp³-hybridized carbons (Fsp3) is 0.438. The van der Waals surface area contributed by atoms with E-state index in [9.17, 15) is 0 Å². The summed E-state index contributed by atoms with van der Waals surface area (Å²) in [5.41, 5.74) is 2.33. The van der Waals surface area contributed by atoms with Crippen LogP contribution in [0.15, 0.2) is 28.7 Å². The summed E-state index contributed by atoms with van der Waals surface area (Å²) >= 11 is 5.35. The number of aryl methyl sites for hydroxylation is 1. The van der Waals surface area contributed by atoms with Crippen LogP contribution in [0.25, 0.3) is 11.3 Å². The van der Waals surface area contributed by atoms with Gasteiger partial charge in [-0.15, -0.1) is 11.3 Å². The molecular formula is C16H21BrN2S. The highest BCUT2D eigenvalue weighted by atomic mass is 79.9. The molecule has 0 unspecified atom stereocenters. The first-order chi connectivity index (χ1) is 9.63. The van der Waals surface area contributed by atoms with Crippen molar-refractivity contribution in [3.05, 3.63) is 38.6 Å². The molecule has 0 spiro atoms. The van der Waals surface area contributed by atoms with Gasteiger partial charge in [0.1, 0.15) is 0 Å². The Morgan fingerprint density at radius 1 is 1.25 bits per heavy atom. The monoisotopic (exact) mass is 352 g/mol. The zero-order valence-electron chi connectivity index (χ0n) is 12.3. The Morgan fingerprint density at radius 2 is 2.00 bits per heavy atom. The summed E-state index contributed by atoms with van der Waals surface area (Å²) in [5, 5.41) is 1.24. The summed E-state index contributed by atoms with van der Waals surface area (Å²) in [4.78, 5) is 8.58. The normalized spacial score (nSPS) is 11.2. The Hall–Kier alpha value is -0.710. The molecule has 2 aromatic rings. The molecule has 2 rings (SSSR count). The second kappa shape index (κ2) is 7.34. The molecule has 1 aromatic heterocycles. The Balaban J connectivity index is 2.13. The predicted molar refractivity (Wildman–Crippen MR) is 91.5 cm³/mol. The van der Waals surface area contributed by atoms with E-state index in [1.54, 1.807) is 0 Å². The Kier molecular flexibility index (Phi) is 5.75. The number of nitrogens with zero attached hydrogens (tertiary/aromatic N) is 2. The van der Waals surface area contributed by atoms with E-state index >= 15 is 0 Å². The fourth-order valence-corrected chi connectivity index (χ4v) is 3.60. The van der Waals surface area contributed by atoms with Crippen LogP contribution in [-0.4, -0.2) is 29.5 Å². The van der Waals surface area contributed by atoms with Gasteiger partial charge in [-0.3, -0.25) is 0 Å². The van der Waals surface area contributed by atoms with Gasteiger partial charge in [0.15, 0.2) is 0 Å². The third-order valence-corrected chi connectivity index (χ3v) is 5.00. The number of thiazole rings is 1. The van der Waals surface area contributed by atoms with Gasteiger partial charge in [-0.25, -0.2) is 4.98 Å². The lowest BCUT2D eigenvalue weighted by atomic mass is 10.1. The molecule has 0 N–H and O–H groups in total. The predicted octanol–water partition coefficient (Wildman–Crippen LogP) is 4.77. The molecule has 0 aliphatic carbocycles. The zero-order valence-corrected chi connectivity index (χ0v) is 14.7. The molecule has 0 aliphatic rings. The SMILES string of the molecule is CCN(CC)CCc1nc(-c2cccc(Br)c2)c(C)s1. The molecule has 0 bridgehead atoms. The van der Waals surface area contributed by atoms with Gasteiger partial charge in [-0.1, -0.05) is 41.9 Å². The first-order valence-electron chi connectivity index (χ1n) is 7.08. The second-order valence-electron chi connectivity index (χ2n) is 4.80. The van der Waals surface area contributed by atoms with Crippen molar-refractivity contribution in [3.8, 4) is 11.3 Å². The third-order valence-electron chi connectivity index (χ3n) is 3.48. The van der Waals surface area contributed by atoms with Crippen molar-refractivity contribution in [1.82, 2.24) is 9.88 Å². The minimum atomic E-state index is 1.04. The largest absolute Gasteiger partial charge is 0.303 e. The molecule has 0 radical (unpaired) electrons. The number of hydrogen-bond donors (Lipinski definition) is 0. The van der Waals surface area contributed by atoms with Gasteiger partial charge in [0.2, 0.25) is 0 Å². The summed E-state index contributed by atoms with van der Waals surface area (Å²) < 4.78 is 1.10. The van der Waals surface area contributed by atoms with E-state index in [1.165, 1.54) is 15.4 Å². The van der Waals surface area contributed by atoms with Crippen LogP contribution in [0.4, 0.5) is 0 Å². The highest BCUT2D eigenvalue weighted by Gasteiger charge is 2.11. The van der Waals surface area contributed by atoms with Crippen LogP contribution in [0.3, 0.4) is 0 Å². The Bertz CT molecular complexity index is 561. The molecule has 20 heavy (non-hydrogen) atoms. The van der Waals surface area contributed by atoms with Crippen molar-refractivity contribution in [2.75, 3.05) is 19.6 Å². The molecular weight excluding hydrogens is 332 g/mol. The lowest BCUT2D eigenvalue weighted by molar-refractivity contribution is 0.308. The lowest BCUT2D eigenvalue weighted by Gasteiger charge is -2.16. The molecule has 4 heteroatoms. The average Bonchev–Trinajstić information content (AvgIpc) is 2.81. The second-order valence-corrected chi connectivity index (χ2v) is 7.00. The van der Waals surface area contributed by atoms with E-state index in [0.717, 1.165) is 36.2 Å². The van der Waals surface area contributed by atoms with Crippen LogP contribution < -0.4 is 0 Å². The summed E-state index contributed by atoms with van der Waals surface area (Å²) in [5.74, 6) is 0.